The highest BCUT2D eigenvalue weighted by Crippen LogP contribution is 2.24. The Balaban J connectivity index is 1.84. The largest absolute Gasteiger partial charge is 0.388 e. The third-order valence-corrected chi connectivity index (χ3v) is 5.69. The first-order valence-electron chi connectivity index (χ1n) is 11.6. The minimum absolute atomic E-state index is 0.0427. The van der Waals surface area contributed by atoms with Gasteiger partial charge < -0.3 is 35.4 Å². The summed E-state index contributed by atoms with van der Waals surface area (Å²) in [5, 5.41) is 20.5. The molecule has 14 nitrogen and oxygen atoms in total. The lowest BCUT2D eigenvalue weighted by Crippen LogP contribution is -2.29. The van der Waals surface area contributed by atoms with E-state index in [1.807, 2.05) is 0 Å². The van der Waals surface area contributed by atoms with Gasteiger partial charge in [0, 0.05) is 58.9 Å². The molecule has 3 aromatic heterocycles. The number of halogens is 1. The number of amidine groups is 1. The second-order valence-corrected chi connectivity index (χ2v) is 8.77. The Kier molecular flexibility index (Phi) is 9.28. The SMILES string of the molecule is Cn1cc(N(/N=C/CCl)C(=O)c2cc(NC(=O)c3cc(NC=O)cn3C)cn2C)cc1C(=O)NCCC(=N)N. The van der Waals surface area contributed by atoms with Gasteiger partial charge in [-0.25, -0.2) is 0 Å². The van der Waals surface area contributed by atoms with Gasteiger partial charge >= 0.3 is 0 Å². The standard InChI is InChI=1S/C24H29ClN10O4/c1-32-11-15(29-14-36)8-18(32)23(38)31-16-9-20(33(2)12-16)24(39)35(30-7-5-25)17-10-19(34(3)13-17)22(37)28-6-4-21(26)27/h7-14H,4-6H2,1-3H3,(H3,26,27)(H,28,37)(H,29,36)(H,31,38)/b30-7+. The van der Waals surface area contributed by atoms with Crippen LogP contribution in [0.2, 0.25) is 0 Å². The molecule has 0 unspecified atom stereocenters. The summed E-state index contributed by atoms with van der Waals surface area (Å²) in [4.78, 5) is 49.7. The zero-order chi connectivity index (χ0) is 28.7. The molecular weight excluding hydrogens is 528 g/mol. The van der Waals surface area contributed by atoms with E-state index in [0.717, 1.165) is 5.01 Å². The first-order chi connectivity index (χ1) is 18.5. The molecule has 0 spiro atoms. The number of nitrogens with two attached hydrogens (primary N) is 1. The molecule has 0 saturated carbocycles. The lowest BCUT2D eigenvalue weighted by Gasteiger charge is -2.15. The maximum absolute atomic E-state index is 13.6. The molecule has 0 saturated heterocycles. The van der Waals surface area contributed by atoms with Crippen LogP contribution in [0.3, 0.4) is 0 Å². The number of hydrazone groups is 1. The van der Waals surface area contributed by atoms with E-state index >= 15 is 0 Å². The predicted octanol–water partition coefficient (Wildman–Crippen LogP) is 1.45. The molecule has 0 aliphatic carbocycles. The number of alkyl halides is 1. The molecule has 6 N–H and O–H groups in total. The smallest absolute Gasteiger partial charge is 0.295 e. The summed E-state index contributed by atoms with van der Waals surface area (Å²) in [7, 11) is 4.95. The Hall–Kier alpha value is -4.85. The Morgan fingerprint density at radius 3 is 2.28 bits per heavy atom. The molecule has 0 atom stereocenters. The highest BCUT2D eigenvalue weighted by Gasteiger charge is 2.24. The molecular formula is C24H29ClN10O4. The number of carbonyl (C=O) groups excluding carboxylic acids is 4. The van der Waals surface area contributed by atoms with Crippen LogP contribution in [0.1, 0.15) is 37.9 Å². The minimum atomic E-state index is -0.537. The van der Waals surface area contributed by atoms with Crippen molar-refractivity contribution >= 4 is 64.8 Å². The predicted molar refractivity (Wildman–Crippen MR) is 149 cm³/mol. The number of amides is 4. The highest BCUT2D eigenvalue weighted by atomic mass is 35.5. The minimum Gasteiger partial charge on any atom is -0.388 e. The summed E-state index contributed by atoms with van der Waals surface area (Å²) >= 11 is 5.78. The van der Waals surface area contributed by atoms with Gasteiger partial charge in [0.2, 0.25) is 6.41 Å². The molecule has 39 heavy (non-hydrogen) atoms. The van der Waals surface area contributed by atoms with Crippen molar-refractivity contribution in [1.29, 1.82) is 5.41 Å². The van der Waals surface area contributed by atoms with E-state index in [1.165, 1.54) is 29.0 Å². The van der Waals surface area contributed by atoms with Gasteiger partial charge in [0.1, 0.15) is 17.1 Å². The summed E-state index contributed by atoms with van der Waals surface area (Å²) in [6.07, 6.45) is 6.79. The van der Waals surface area contributed by atoms with Crippen molar-refractivity contribution in [3.05, 3.63) is 53.9 Å². The third-order valence-electron chi connectivity index (χ3n) is 5.55. The van der Waals surface area contributed by atoms with E-state index in [2.05, 4.69) is 21.1 Å². The molecule has 15 heteroatoms. The van der Waals surface area contributed by atoms with Crippen molar-refractivity contribution in [2.24, 2.45) is 32.0 Å². The zero-order valence-electron chi connectivity index (χ0n) is 21.6. The molecule has 0 radical (unpaired) electrons. The van der Waals surface area contributed by atoms with Crippen molar-refractivity contribution in [2.45, 2.75) is 6.42 Å². The lowest BCUT2D eigenvalue weighted by molar-refractivity contribution is -0.105. The van der Waals surface area contributed by atoms with Crippen LogP contribution in [-0.4, -0.2) is 62.3 Å². The molecule has 0 aromatic carbocycles. The molecule has 0 fully saturated rings. The van der Waals surface area contributed by atoms with Gasteiger partial charge in [-0.05, 0) is 18.2 Å². The molecule has 4 amide bonds. The van der Waals surface area contributed by atoms with E-state index in [9.17, 15) is 19.2 Å². The zero-order valence-corrected chi connectivity index (χ0v) is 22.3. The molecule has 206 valence electrons. The first kappa shape index (κ1) is 28.7. The summed E-state index contributed by atoms with van der Waals surface area (Å²) < 4.78 is 4.63. The van der Waals surface area contributed by atoms with Crippen molar-refractivity contribution in [3.63, 3.8) is 0 Å². The summed E-state index contributed by atoms with van der Waals surface area (Å²) in [6, 6.07) is 4.51. The van der Waals surface area contributed by atoms with Crippen molar-refractivity contribution in [1.82, 2.24) is 19.0 Å². The fraction of sp³-hybridized carbons (Fsp3) is 0.250. The fourth-order valence-electron chi connectivity index (χ4n) is 3.73. The molecule has 3 heterocycles. The number of carbonyl (C=O) groups is 4. The van der Waals surface area contributed by atoms with Crippen LogP contribution in [0.5, 0.6) is 0 Å². The molecule has 3 aromatic rings. The van der Waals surface area contributed by atoms with E-state index in [0.29, 0.717) is 29.2 Å². The number of nitrogens with one attached hydrogen (secondary N) is 4. The van der Waals surface area contributed by atoms with Crippen LogP contribution in [0.15, 0.2) is 41.9 Å². The maximum atomic E-state index is 13.6. The number of aromatic nitrogens is 3. The average molecular weight is 557 g/mol. The highest BCUT2D eigenvalue weighted by molar-refractivity contribution is 6.25. The monoisotopic (exact) mass is 556 g/mol. The quantitative estimate of drug-likeness (QED) is 0.0741. The number of hydrogen-bond donors (Lipinski definition) is 5. The van der Waals surface area contributed by atoms with Crippen LogP contribution >= 0.6 is 11.6 Å². The summed E-state index contributed by atoms with van der Waals surface area (Å²) in [5.74, 6) is -1.39. The Bertz CT molecular complexity index is 1430. The van der Waals surface area contributed by atoms with Gasteiger partial charge in [-0.15, -0.1) is 11.6 Å². The average Bonchev–Trinajstić information content (AvgIpc) is 3.55. The Morgan fingerprint density at radius 2 is 1.62 bits per heavy atom. The number of aryl methyl sites for hydroxylation is 3. The van der Waals surface area contributed by atoms with Crippen LogP contribution < -0.4 is 26.7 Å². The van der Waals surface area contributed by atoms with Gasteiger partial charge in [0.25, 0.3) is 17.7 Å². The normalized spacial score (nSPS) is 10.9. The number of hydrogen-bond acceptors (Lipinski definition) is 6. The Morgan fingerprint density at radius 1 is 1.00 bits per heavy atom. The van der Waals surface area contributed by atoms with Gasteiger partial charge in [-0.3, -0.25) is 24.6 Å². The topological polar surface area (TPSA) is 185 Å². The van der Waals surface area contributed by atoms with E-state index in [4.69, 9.17) is 22.7 Å². The van der Waals surface area contributed by atoms with Crippen molar-refractivity contribution in [3.8, 4) is 0 Å². The first-order valence-corrected chi connectivity index (χ1v) is 12.1. The van der Waals surface area contributed by atoms with Crippen molar-refractivity contribution < 1.29 is 19.2 Å². The fourth-order valence-corrected chi connectivity index (χ4v) is 3.79. The van der Waals surface area contributed by atoms with Gasteiger partial charge in [0.15, 0.2) is 0 Å². The summed E-state index contributed by atoms with van der Waals surface area (Å²) in [6.45, 7) is 0.192. The molecule has 3 rings (SSSR count). The van der Waals surface area contributed by atoms with Crippen LogP contribution in [0, 0.1) is 5.41 Å². The van der Waals surface area contributed by atoms with E-state index < -0.39 is 17.7 Å². The van der Waals surface area contributed by atoms with Gasteiger partial charge in [-0.2, -0.15) is 10.1 Å². The molecule has 0 aliphatic heterocycles. The molecule has 0 aliphatic rings. The number of anilines is 3. The Labute approximate surface area is 228 Å². The third kappa shape index (κ3) is 6.93. The number of nitrogens with zero attached hydrogens (tertiary/aromatic N) is 5. The summed E-state index contributed by atoms with van der Waals surface area (Å²) in [5.41, 5.74) is 7.22. The van der Waals surface area contributed by atoms with Crippen LogP contribution in [0.4, 0.5) is 17.1 Å². The van der Waals surface area contributed by atoms with Crippen molar-refractivity contribution in [2.75, 3.05) is 28.1 Å². The van der Waals surface area contributed by atoms with Crippen LogP contribution in [0.25, 0.3) is 0 Å². The second kappa shape index (κ2) is 12.6. The van der Waals surface area contributed by atoms with E-state index in [-0.39, 0.29) is 36.1 Å². The molecule has 0 bridgehead atoms. The van der Waals surface area contributed by atoms with Gasteiger partial charge in [0.05, 0.1) is 28.8 Å². The second-order valence-electron chi connectivity index (χ2n) is 8.46. The van der Waals surface area contributed by atoms with Crippen LogP contribution in [-0.2, 0) is 25.9 Å². The van der Waals surface area contributed by atoms with Gasteiger partial charge in [-0.1, -0.05) is 0 Å². The maximum Gasteiger partial charge on any atom is 0.295 e. The van der Waals surface area contributed by atoms with E-state index in [1.54, 1.807) is 48.9 Å². The number of rotatable bonds is 12. The lowest BCUT2D eigenvalue weighted by atomic mass is 10.3.